The summed E-state index contributed by atoms with van der Waals surface area (Å²) < 4.78 is 0. The maximum atomic E-state index is 4.44. The van der Waals surface area contributed by atoms with Crippen LogP contribution in [0.25, 0.3) is 0 Å². The first-order valence-corrected chi connectivity index (χ1v) is 5.45. The Bertz CT molecular complexity index is 298. The Morgan fingerprint density at radius 2 is 2.20 bits per heavy atom. The summed E-state index contributed by atoms with van der Waals surface area (Å²) in [5.74, 6) is 1.67. The zero-order chi connectivity index (χ0) is 11.3. The van der Waals surface area contributed by atoms with Crippen molar-refractivity contribution in [1.82, 2.24) is 9.97 Å². The van der Waals surface area contributed by atoms with Crippen molar-refractivity contribution in [2.45, 2.75) is 33.2 Å². The molecule has 1 N–H and O–H groups in total. The zero-order valence-corrected chi connectivity index (χ0v) is 9.99. The minimum absolute atomic E-state index is 0.443. The van der Waals surface area contributed by atoms with Crippen LogP contribution in [0.3, 0.4) is 0 Å². The highest BCUT2D eigenvalue weighted by Crippen LogP contribution is 2.12. The molecule has 0 amide bonds. The third-order valence-corrected chi connectivity index (χ3v) is 2.31. The van der Waals surface area contributed by atoms with Gasteiger partial charge in [-0.3, -0.25) is 0 Å². The first-order valence-electron chi connectivity index (χ1n) is 5.45. The number of rotatable bonds is 5. The summed E-state index contributed by atoms with van der Waals surface area (Å²) in [5.41, 5.74) is 0. The van der Waals surface area contributed by atoms with Crippen LogP contribution in [-0.4, -0.2) is 29.6 Å². The van der Waals surface area contributed by atoms with Crippen LogP contribution in [0.1, 0.15) is 27.2 Å². The lowest BCUT2D eigenvalue weighted by molar-refractivity contribution is 0.741. The topological polar surface area (TPSA) is 41.1 Å². The largest absolute Gasteiger partial charge is 0.357 e. The van der Waals surface area contributed by atoms with Gasteiger partial charge in [0.05, 0.1) is 0 Å². The van der Waals surface area contributed by atoms with Crippen LogP contribution in [0.4, 0.5) is 11.8 Å². The van der Waals surface area contributed by atoms with Gasteiger partial charge in [-0.1, -0.05) is 6.92 Å². The highest BCUT2D eigenvalue weighted by atomic mass is 15.2. The molecule has 1 aromatic rings. The smallest absolute Gasteiger partial charge is 0.224 e. The Labute approximate surface area is 91.7 Å². The summed E-state index contributed by atoms with van der Waals surface area (Å²) in [4.78, 5) is 10.7. The third-order valence-electron chi connectivity index (χ3n) is 2.31. The number of nitrogens with one attached hydrogen (secondary N) is 1. The predicted octanol–water partition coefficient (Wildman–Crippen LogP) is 2.14. The zero-order valence-electron chi connectivity index (χ0n) is 9.99. The standard InChI is InChI=1S/C11H20N4/c1-5-7-12-11-13-8-6-10(14-11)15(4)9(2)3/h6,8-9H,5,7H2,1-4H3,(H,12,13,14). The SMILES string of the molecule is CCCNc1nccc(N(C)C(C)C)n1. The van der Waals surface area contributed by atoms with Crippen molar-refractivity contribution in [1.29, 1.82) is 0 Å². The van der Waals surface area contributed by atoms with Gasteiger partial charge in [-0.2, -0.15) is 4.98 Å². The van der Waals surface area contributed by atoms with E-state index in [2.05, 4.69) is 41.0 Å². The number of nitrogens with zero attached hydrogens (tertiary/aromatic N) is 3. The lowest BCUT2D eigenvalue weighted by Crippen LogP contribution is -2.26. The summed E-state index contributed by atoms with van der Waals surface area (Å²) >= 11 is 0. The van der Waals surface area contributed by atoms with E-state index in [1.165, 1.54) is 0 Å². The van der Waals surface area contributed by atoms with Gasteiger partial charge in [0.1, 0.15) is 5.82 Å². The first-order chi connectivity index (χ1) is 7.15. The van der Waals surface area contributed by atoms with Gasteiger partial charge in [-0.25, -0.2) is 4.98 Å². The Kier molecular flexibility index (Phi) is 4.34. The summed E-state index contributed by atoms with van der Waals surface area (Å²) in [5, 5.41) is 3.18. The highest BCUT2D eigenvalue weighted by molar-refractivity contribution is 5.42. The Morgan fingerprint density at radius 1 is 1.47 bits per heavy atom. The normalized spacial score (nSPS) is 10.5. The van der Waals surface area contributed by atoms with Gasteiger partial charge in [-0.05, 0) is 26.3 Å². The van der Waals surface area contributed by atoms with Crippen LogP contribution in [0.2, 0.25) is 0 Å². The van der Waals surface area contributed by atoms with E-state index < -0.39 is 0 Å². The van der Waals surface area contributed by atoms with E-state index in [-0.39, 0.29) is 0 Å². The van der Waals surface area contributed by atoms with Gasteiger partial charge in [0.2, 0.25) is 5.95 Å². The molecule has 0 aliphatic rings. The van der Waals surface area contributed by atoms with E-state index in [4.69, 9.17) is 0 Å². The molecule has 0 radical (unpaired) electrons. The van der Waals surface area contributed by atoms with Crippen molar-refractivity contribution in [2.75, 3.05) is 23.8 Å². The predicted molar refractivity (Wildman–Crippen MR) is 64.4 cm³/mol. The molecule has 0 aliphatic carbocycles. The molecule has 0 aliphatic heterocycles. The fourth-order valence-electron chi connectivity index (χ4n) is 1.13. The lowest BCUT2D eigenvalue weighted by Gasteiger charge is -2.22. The van der Waals surface area contributed by atoms with Crippen molar-refractivity contribution in [3.8, 4) is 0 Å². The van der Waals surface area contributed by atoms with Crippen molar-refractivity contribution >= 4 is 11.8 Å². The second-order valence-corrected chi connectivity index (χ2v) is 3.87. The van der Waals surface area contributed by atoms with Gasteiger partial charge in [0, 0.05) is 25.8 Å². The molecule has 1 heterocycles. The molecule has 1 aromatic heterocycles. The third kappa shape index (κ3) is 3.38. The molecule has 15 heavy (non-hydrogen) atoms. The van der Waals surface area contributed by atoms with Gasteiger partial charge in [-0.15, -0.1) is 0 Å². The van der Waals surface area contributed by atoms with E-state index in [0.717, 1.165) is 18.8 Å². The molecule has 0 saturated heterocycles. The highest BCUT2D eigenvalue weighted by Gasteiger charge is 2.06. The molecule has 84 valence electrons. The van der Waals surface area contributed by atoms with Crippen molar-refractivity contribution in [3.05, 3.63) is 12.3 Å². The van der Waals surface area contributed by atoms with Crippen LogP contribution in [0.5, 0.6) is 0 Å². The molecule has 0 saturated carbocycles. The maximum absolute atomic E-state index is 4.44. The molecule has 0 unspecified atom stereocenters. The second kappa shape index (κ2) is 5.53. The van der Waals surface area contributed by atoms with E-state index in [0.29, 0.717) is 12.0 Å². The molecule has 0 atom stereocenters. The first kappa shape index (κ1) is 11.8. The molecule has 1 rings (SSSR count). The Hall–Kier alpha value is -1.32. The van der Waals surface area contributed by atoms with Crippen LogP contribution in [0.15, 0.2) is 12.3 Å². The molecule has 4 heteroatoms. The van der Waals surface area contributed by atoms with Gasteiger partial charge < -0.3 is 10.2 Å². The van der Waals surface area contributed by atoms with Crippen molar-refractivity contribution in [3.63, 3.8) is 0 Å². The number of hydrogen-bond donors (Lipinski definition) is 1. The van der Waals surface area contributed by atoms with Crippen LogP contribution < -0.4 is 10.2 Å². The summed E-state index contributed by atoms with van der Waals surface area (Å²) in [6.07, 6.45) is 2.87. The Morgan fingerprint density at radius 3 is 2.80 bits per heavy atom. The fraction of sp³-hybridized carbons (Fsp3) is 0.636. The maximum Gasteiger partial charge on any atom is 0.224 e. The van der Waals surface area contributed by atoms with E-state index in [1.807, 2.05) is 13.1 Å². The van der Waals surface area contributed by atoms with Crippen molar-refractivity contribution in [2.24, 2.45) is 0 Å². The molecular weight excluding hydrogens is 188 g/mol. The van der Waals surface area contributed by atoms with Gasteiger partial charge in [0.25, 0.3) is 0 Å². The molecule has 0 fully saturated rings. The van der Waals surface area contributed by atoms with E-state index >= 15 is 0 Å². The fourth-order valence-corrected chi connectivity index (χ4v) is 1.13. The molecule has 0 spiro atoms. The number of hydrogen-bond acceptors (Lipinski definition) is 4. The molecule has 4 nitrogen and oxygen atoms in total. The van der Waals surface area contributed by atoms with Crippen LogP contribution >= 0.6 is 0 Å². The molecule has 0 bridgehead atoms. The average Bonchev–Trinajstić information content (AvgIpc) is 2.25. The van der Waals surface area contributed by atoms with Gasteiger partial charge in [0.15, 0.2) is 0 Å². The van der Waals surface area contributed by atoms with Crippen LogP contribution in [-0.2, 0) is 0 Å². The second-order valence-electron chi connectivity index (χ2n) is 3.87. The monoisotopic (exact) mass is 208 g/mol. The minimum atomic E-state index is 0.443. The summed E-state index contributed by atoms with van der Waals surface area (Å²) in [6.45, 7) is 7.31. The lowest BCUT2D eigenvalue weighted by atomic mass is 10.3. The van der Waals surface area contributed by atoms with E-state index in [1.54, 1.807) is 6.20 Å². The van der Waals surface area contributed by atoms with E-state index in [9.17, 15) is 0 Å². The molecular formula is C11H20N4. The quantitative estimate of drug-likeness (QED) is 0.805. The number of anilines is 2. The summed E-state index contributed by atoms with van der Waals surface area (Å²) in [7, 11) is 2.04. The number of aromatic nitrogens is 2. The Balaban J connectivity index is 2.73. The van der Waals surface area contributed by atoms with Crippen LogP contribution in [0, 0.1) is 0 Å². The molecule has 0 aromatic carbocycles. The van der Waals surface area contributed by atoms with Crippen molar-refractivity contribution < 1.29 is 0 Å². The summed E-state index contributed by atoms with van der Waals surface area (Å²) in [6, 6.07) is 2.37. The average molecular weight is 208 g/mol. The minimum Gasteiger partial charge on any atom is -0.357 e. The van der Waals surface area contributed by atoms with Gasteiger partial charge >= 0.3 is 0 Å².